The minimum Gasteiger partial charge on any atom is -0.480 e. The first kappa shape index (κ1) is 15.4. The summed E-state index contributed by atoms with van der Waals surface area (Å²) < 4.78 is 0. The molecule has 0 amide bonds. The molecule has 0 spiro atoms. The highest BCUT2D eigenvalue weighted by atomic mass is 16.4. The fourth-order valence-corrected chi connectivity index (χ4v) is 1.54. The molecule has 0 rings (SSSR count). The van der Waals surface area contributed by atoms with Crippen LogP contribution in [0, 0.1) is 5.92 Å². The molecule has 1 unspecified atom stereocenters. The molecule has 0 aromatic heterocycles. The quantitative estimate of drug-likeness (QED) is 0.662. The predicted molar refractivity (Wildman–Crippen MR) is 66.7 cm³/mol. The van der Waals surface area contributed by atoms with Crippen LogP contribution in [-0.2, 0) is 4.79 Å². The Morgan fingerprint density at radius 2 is 1.88 bits per heavy atom. The van der Waals surface area contributed by atoms with Crippen LogP contribution in [0.15, 0.2) is 0 Å². The van der Waals surface area contributed by atoms with Crippen LogP contribution in [0.3, 0.4) is 0 Å². The molecule has 0 aromatic rings. The Bertz CT molecular complexity index is 215. The van der Waals surface area contributed by atoms with E-state index in [1.807, 2.05) is 13.8 Å². The van der Waals surface area contributed by atoms with Gasteiger partial charge in [-0.1, -0.05) is 27.7 Å². The van der Waals surface area contributed by atoms with E-state index in [-0.39, 0.29) is 5.92 Å². The van der Waals surface area contributed by atoms with Gasteiger partial charge < -0.3 is 15.3 Å². The van der Waals surface area contributed by atoms with Gasteiger partial charge in [-0.2, -0.15) is 0 Å². The van der Waals surface area contributed by atoms with E-state index in [9.17, 15) is 9.90 Å². The number of nitrogens with one attached hydrogen (secondary N) is 1. The third-order valence-corrected chi connectivity index (χ3v) is 3.41. The molecule has 16 heavy (non-hydrogen) atoms. The number of nitrogens with zero attached hydrogens (tertiary/aromatic N) is 1. The van der Waals surface area contributed by atoms with Crippen LogP contribution in [0.1, 0.15) is 34.6 Å². The van der Waals surface area contributed by atoms with Gasteiger partial charge in [0.25, 0.3) is 0 Å². The first-order valence-corrected chi connectivity index (χ1v) is 6.09. The molecule has 0 fully saturated rings. The van der Waals surface area contributed by atoms with E-state index in [0.29, 0.717) is 6.54 Å². The fourth-order valence-electron chi connectivity index (χ4n) is 1.54. The van der Waals surface area contributed by atoms with Crippen molar-refractivity contribution in [3.63, 3.8) is 0 Å². The summed E-state index contributed by atoms with van der Waals surface area (Å²) in [4.78, 5) is 13.5. The minimum atomic E-state index is -0.826. The van der Waals surface area contributed by atoms with Crippen molar-refractivity contribution in [2.75, 3.05) is 26.2 Å². The molecule has 0 aliphatic heterocycles. The van der Waals surface area contributed by atoms with Gasteiger partial charge in [-0.15, -0.1) is 0 Å². The maximum Gasteiger partial charge on any atom is 0.323 e. The number of carboxylic acids is 1. The van der Waals surface area contributed by atoms with E-state index >= 15 is 0 Å². The molecule has 4 heteroatoms. The number of carboxylic acid groups (broad SMARTS) is 1. The summed E-state index contributed by atoms with van der Waals surface area (Å²) in [6.07, 6.45) is 0. The molecule has 0 aliphatic carbocycles. The van der Waals surface area contributed by atoms with Gasteiger partial charge in [-0.25, -0.2) is 0 Å². The van der Waals surface area contributed by atoms with Gasteiger partial charge in [0.15, 0.2) is 0 Å². The molecule has 0 bridgehead atoms. The summed E-state index contributed by atoms with van der Waals surface area (Å²) in [6, 6.07) is 0. The third kappa shape index (κ3) is 4.10. The van der Waals surface area contributed by atoms with Crippen LogP contribution in [0.4, 0.5) is 0 Å². The Morgan fingerprint density at radius 3 is 2.19 bits per heavy atom. The van der Waals surface area contributed by atoms with Crippen molar-refractivity contribution in [1.82, 2.24) is 10.2 Å². The minimum absolute atomic E-state index is 0.0710. The number of hydrogen-bond acceptors (Lipinski definition) is 3. The summed E-state index contributed by atoms with van der Waals surface area (Å²) >= 11 is 0. The van der Waals surface area contributed by atoms with Crippen LogP contribution in [-0.4, -0.2) is 47.7 Å². The predicted octanol–water partition coefficient (Wildman–Crippen LogP) is 1.42. The zero-order chi connectivity index (χ0) is 12.8. The molecule has 0 radical (unpaired) electrons. The molecule has 0 aliphatic rings. The highest BCUT2D eigenvalue weighted by Crippen LogP contribution is 2.16. The molecule has 0 saturated heterocycles. The number of rotatable bonds is 8. The third-order valence-electron chi connectivity index (χ3n) is 3.41. The lowest BCUT2D eigenvalue weighted by molar-refractivity contribution is -0.146. The van der Waals surface area contributed by atoms with E-state index in [4.69, 9.17) is 0 Å². The molecule has 0 saturated carbocycles. The normalized spacial score (nSPS) is 15.4. The van der Waals surface area contributed by atoms with Gasteiger partial charge in [0.1, 0.15) is 5.54 Å². The first-order chi connectivity index (χ1) is 7.38. The standard InChI is InChI=1S/C12H26N2O2/c1-6-14(7-2)9-8-13-12(5,10(3)4)11(15)16/h10,13H,6-9H2,1-5H3,(H,15,16). The Labute approximate surface area is 99.0 Å². The number of aliphatic carboxylic acids is 1. The van der Waals surface area contributed by atoms with Crippen molar-refractivity contribution in [2.45, 2.75) is 40.2 Å². The largest absolute Gasteiger partial charge is 0.480 e. The lowest BCUT2D eigenvalue weighted by atomic mass is 9.88. The van der Waals surface area contributed by atoms with Crippen molar-refractivity contribution in [1.29, 1.82) is 0 Å². The Hall–Kier alpha value is -0.610. The van der Waals surface area contributed by atoms with Crippen molar-refractivity contribution < 1.29 is 9.90 Å². The van der Waals surface area contributed by atoms with E-state index < -0.39 is 11.5 Å². The van der Waals surface area contributed by atoms with Crippen molar-refractivity contribution in [3.8, 4) is 0 Å². The van der Waals surface area contributed by atoms with E-state index in [1.165, 1.54) is 0 Å². The lowest BCUT2D eigenvalue weighted by Crippen LogP contribution is -2.55. The van der Waals surface area contributed by atoms with Crippen molar-refractivity contribution >= 4 is 5.97 Å². The van der Waals surface area contributed by atoms with Crippen LogP contribution in [0.2, 0.25) is 0 Å². The van der Waals surface area contributed by atoms with E-state index in [1.54, 1.807) is 6.92 Å². The second-order valence-electron chi connectivity index (χ2n) is 4.62. The SMILES string of the molecule is CCN(CC)CCNC(C)(C(=O)O)C(C)C. The molecule has 0 aromatic carbocycles. The maximum atomic E-state index is 11.2. The van der Waals surface area contributed by atoms with Gasteiger partial charge in [-0.3, -0.25) is 4.79 Å². The van der Waals surface area contributed by atoms with Crippen LogP contribution >= 0.6 is 0 Å². The van der Waals surface area contributed by atoms with Crippen molar-refractivity contribution in [3.05, 3.63) is 0 Å². The summed E-state index contributed by atoms with van der Waals surface area (Å²) in [5.74, 6) is -0.705. The average molecular weight is 230 g/mol. The van der Waals surface area contributed by atoms with Gasteiger partial charge in [-0.05, 0) is 25.9 Å². The average Bonchev–Trinajstić information content (AvgIpc) is 2.23. The number of carbonyl (C=O) groups is 1. The van der Waals surface area contributed by atoms with Crippen LogP contribution in [0.25, 0.3) is 0 Å². The second-order valence-corrected chi connectivity index (χ2v) is 4.62. The number of likely N-dealkylation sites (N-methyl/N-ethyl adjacent to an activating group) is 1. The van der Waals surface area contributed by atoms with Gasteiger partial charge in [0, 0.05) is 13.1 Å². The second kappa shape index (κ2) is 6.86. The topological polar surface area (TPSA) is 52.6 Å². The van der Waals surface area contributed by atoms with E-state index in [2.05, 4.69) is 24.1 Å². The van der Waals surface area contributed by atoms with Crippen LogP contribution in [0.5, 0.6) is 0 Å². The fraction of sp³-hybridized carbons (Fsp3) is 0.917. The summed E-state index contributed by atoms with van der Waals surface area (Å²) in [7, 11) is 0. The lowest BCUT2D eigenvalue weighted by Gasteiger charge is -2.31. The monoisotopic (exact) mass is 230 g/mol. The molecular formula is C12H26N2O2. The van der Waals surface area contributed by atoms with Gasteiger partial charge in [0.05, 0.1) is 0 Å². The molecule has 1 atom stereocenters. The number of hydrogen-bond donors (Lipinski definition) is 2. The highest BCUT2D eigenvalue weighted by Gasteiger charge is 2.35. The van der Waals surface area contributed by atoms with Gasteiger partial charge in [0.2, 0.25) is 0 Å². The zero-order valence-electron chi connectivity index (χ0n) is 11.2. The van der Waals surface area contributed by atoms with Crippen molar-refractivity contribution in [2.24, 2.45) is 5.92 Å². The summed E-state index contributed by atoms with van der Waals surface area (Å²) in [6.45, 7) is 13.4. The Kier molecular flexibility index (Phi) is 6.60. The molecule has 2 N–H and O–H groups in total. The van der Waals surface area contributed by atoms with E-state index in [0.717, 1.165) is 19.6 Å². The molecular weight excluding hydrogens is 204 g/mol. The molecule has 4 nitrogen and oxygen atoms in total. The highest BCUT2D eigenvalue weighted by molar-refractivity contribution is 5.78. The van der Waals surface area contributed by atoms with Crippen LogP contribution < -0.4 is 5.32 Å². The smallest absolute Gasteiger partial charge is 0.323 e. The Morgan fingerprint density at radius 1 is 1.38 bits per heavy atom. The summed E-state index contributed by atoms with van der Waals surface area (Å²) in [5.41, 5.74) is -0.826. The maximum absolute atomic E-state index is 11.2. The zero-order valence-corrected chi connectivity index (χ0v) is 11.2. The molecule has 96 valence electrons. The molecule has 0 heterocycles. The van der Waals surface area contributed by atoms with Gasteiger partial charge >= 0.3 is 5.97 Å². The first-order valence-electron chi connectivity index (χ1n) is 6.09. The Balaban J connectivity index is 4.19. The summed E-state index contributed by atoms with van der Waals surface area (Å²) in [5, 5.41) is 12.4.